The van der Waals surface area contributed by atoms with Gasteiger partial charge in [0.25, 0.3) is 5.91 Å². The average molecular weight is 381 g/mol. The highest BCUT2D eigenvalue weighted by atomic mass is 16.5. The van der Waals surface area contributed by atoms with Gasteiger partial charge in [-0.05, 0) is 30.7 Å². The van der Waals surface area contributed by atoms with E-state index in [9.17, 15) is 9.59 Å². The van der Waals surface area contributed by atoms with Crippen LogP contribution in [0.2, 0.25) is 0 Å². The summed E-state index contributed by atoms with van der Waals surface area (Å²) in [6.07, 6.45) is 3.82. The molecular formula is C21H23N3O4. The van der Waals surface area contributed by atoms with Crippen molar-refractivity contribution in [1.82, 2.24) is 14.3 Å². The zero-order valence-electron chi connectivity index (χ0n) is 16.1. The number of para-hydroxylation sites is 1. The Morgan fingerprint density at radius 3 is 2.71 bits per heavy atom. The number of benzene rings is 1. The topological polar surface area (TPSA) is 84.1 Å². The third kappa shape index (κ3) is 4.14. The van der Waals surface area contributed by atoms with Gasteiger partial charge < -0.3 is 19.1 Å². The number of rotatable bonds is 7. The largest absolute Gasteiger partial charge is 0.486 e. The molecular weight excluding hydrogens is 358 g/mol. The van der Waals surface area contributed by atoms with Crippen molar-refractivity contribution >= 4 is 17.5 Å². The number of hydrogen-bond acceptors (Lipinski definition) is 4. The minimum absolute atomic E-state index is 0.119. The molecule has 1 N–H and O–H groups in total. The molecule has 0 saturated heterocycles. The summed E-state index contributed by atoms with van der Waals surface area (Å²) in [6, 6.07) is 10.9. The number of carboxylic acids is 1. The molecule has 3 rings (SSSR count). The highest BCUT2D eigenvalue weighted by Crippen LogP contribution is 2.21. The molecule has 1 unspecified atom stereocenters. The van der Waals surface area contributed by atoms with Gasteiger partial charge in [-0.1, -0.05) is 25.1 Å². The SMILES string of the molecule is Cc1cccn2cc(COc3ccccc3C(=O)N(C)CC(C)C(=O)O)nc12. The number of carbonyl (C=O) groups excluding carboxylic acids is 1. The average Bonchev–Trinajstić information content (AvgIpc) is 3.10. The van der Waals surface area contributed by atoms with Gasteiger partial charge in [-0.25, -0.2) is 4.98 Å². The molecule has 0 aliphatic rings. The monoisotopic (exact) mass is 381 g/mol. The number of carboxylic acid groups (broad SMARTS) is 1. The first-order valence-corrected chi connectivity index (χ1v) is 9.00. The van der Waals surface area contributed by atoms with Crippen molar-refractivity contribution in [2.75, 3.05) is 13.6 Å². The van der Waals surface area contributed by atoms with Gasteiger partial charge in [0.05, 0.1) is 17.2 Å². The van der Waals surface area contributed by atoms with Gasteiger partial charge in [0.2, 0.25) is 0 Å². The molecule has 7 nitrogen and oxygen atoms in total. The molecule has 0 radical (unpaired) electrons. The summed E-state index contributed by atoms with van der Waals surface area (Å²) in [6.45, 7) is 3.91. The fraction of sp³-hybridized carbons (Fsp3) is 0.286. The number of aromatic nitrogens is 2. The van der Waals surface area contributed by atoms with Crippen LogP contribution >= 0.6 is 0 Å². The van der Waals surface area contributed by atoms with E-state index in [1.165, 1.54) is 4.90 Å². The number of aliphatic carboxylic acids is 1. The van der Waals surface area contributed by atoms with Crippen LogP contribution in [0.4, 0.5) is 0 Å². The number of hydrogen-bond donors (Lipinski definition) is 1. The first kappa shape index (κ1) is 19.4. The minimum atomic E-state index is -0.939. The second kappa shape index (κ2) is 8.12. The van der Waals surface area contributed by atoms with E-state index >= 15 is 0 Å². The van der Waals surface area contributed by atoms with Crippen LogP contribution in [0.25, 0.3) is 5.65 Å². The second-order valence-electron chi connectivity index (χ2n) is 6.86. The predicted octanol–water partition coefficient (Wildman–Crippen LogP) is 3.01. The standard InChI is InChI=1S/C21H23N3O4/c1-14-7-6-10-24-12-16(22-19(14)24)13-28-18-9-5-4-8-17(18)20(25)23(3)11-15(2)21(26)27/h4-10,12,15H,11,13H2,1-3H3,(H,26,27). The van der Waals surface area contributed by atoms with Crippen molar-refractivity contribution in [2.45, 2.75) is 20.5 Å². The molecule has 0 spiro atoms. The highest BCUT2D eigenvalue weighted by molar-refractivity contribution is 5.97. The van der Waals surface area contributed by atoms with Crippen LogP contribution in [0.3, 0.4) is 0 Å². The Morgan fingerprint density at radius 2 is 2.00 bits per heavy atom. The van der Waals surface area contributed by atoms with E-state index in [4.69, 9.17) is 9.84 Å². The molecule has 0 fully saturated rings. The Labute approximate surface area is 163 Å². The molecule has 1 atom stereocenters. The summed E-state index contributed by atoms with van der Waals surface area (Å²) in [4.78, 5) is 29.8. The first-order chi connectivity index (χ1) is 13.4. The van der Waals surface area contributed by atoms with E-state index in [0.29, 0.717) is 11.3 Å². The van der Waals surface area contributed by atoms with E-state index in [1.54, 1.807) is 38.2 Å². The summed E-state index contributed by atoms with van der Waals surface area (Å²) in [5, 5.41) is 9.06. The van der Waals surface area contributed by atoms with Gasteiger partial charge in [0, 0.05) is 26.0 Å². The molecule has 1 aromatic carbocycles. The Kier molecular flexibility index (Phi) is 5.63. The van der Waals surface area contributed by atoms with E-state index in [0.717, 1.165) is 16.9 Å². The first-order valence-electron chi connectivity index (χ1n) is 9.00. The molecule has 0 aliphatic carbocycles. The van der Waals surface area contributed by atoms with Crippen molar-refractivity contribution in [3.8, 4) is 5.75 Å². The van der Waals surface area contributed by atoms with Crippen LogP contribution < -0.4 is 4.74 Å². The van der Waals surface area contributed by atoms with Crippen LogP contribution in [-0.2, 0) is 11.4 Å². The van der Waals surface area contributed by atoms with Gasteiger partial charge >= 0.3 is 5.97 Å². The van der Waals surface area contributed by atoms with Crippen LogP contribution in [0.5, 0.6) is 5.75 Å². The Balaban J connectivity index is 1.75. The van der Waals surface area contributed by atoms with Crippen molar-refractivity contribution < 1.29 is 19.4 Å². The smallest absolute Gasteiger partial charge is 0.308 e. The van der Waals surface area contributed by atoms with Crippen molar-refractivity contribution in [3.63, 3.8) is 0 Å². The number of imidazole rings is 1. The molecule has 1 amide bonds. The van der Waals surface area contributed by atoms with Gasteiger partial charge in [-0.3, -0.25) is 9.59 Å². The molecule has 28 heavy (non-hydrogen) atoms. The van der Waals surface area contributed by atoms with E-state index in [2.05, 4.69) is 4.98 Å². The number of carbonyl (C=O) groups is 2. The Hall–Kier alpha value is -3.35. The number of aryl methyl sites for hydroxylation is 1. The summed E-state index contributed by atoms with van der Waals surface area (Å²) in [7, 11) is 1.59. The van der Waals surface area contributed by atoms with Crippen LogP contribution in [-0.4, -0.2) is 44.9 Å². The number of ether oxygens (including phenoxy) is 1. The number of pyridine rings is 1. The quantitative estimate of drug-likeness (QED) is 0.680. The molecule has 2 heterocycles. The molecule has 2 aromatic heterocycles. The maximum atomic E-state index is 12.8. The van der Waals surface area contributed by atoms with E-state index < -0.39 is 11.9 Å². The molecule has 3 aromatic rings. The summed E-state index contributed by atoms with van der Waals surface area (Å²) < 4.78 is 7.81. The van der Waals surface area contributed by atoms with Gasteiger partial charge in [-0.15, -0.1) is 0 Å². The van der Waals surface area contributed by atoms with Crippen molar-refractivity contribution in [3.05, 3.63) is 65.6 Å². The zero-order valence-corrected chi connectivity index (χ0v) is 16.1. The molecule has 7 heteroatoms. The van der Waals surface area contributed by atoms with Crippen LogP contribution in [0, 0.1) is 12.8 Å². The number of fused-ring (bicyclic) bond motifs is 1. The van der Waals surface area contributed by atoms with Crippen LogP contribution in [0.1, 0.15) is 28.5 Å². The lowest BCUT2D eigenvalue weighted by atomic mass is 10.1. The predicted molar refractivity (Wildman–Crippen MR) is 104 cm³/mol. The lowest BCUT2D eigenvalue weighted by Crippen LogP contribution is -2.33. The summed E-state index contributed by atoms with van der Waals surface area (Å²) >= 11 is 0. The maximum absolute atomic E-state index is 12.8. The lowest BCUT2D eigenvalue weighted by Gasteiger charge is -2.20. The van der Waals surface area contributed by atoms with Gasteiger partial charge in [0.15, 0.2) is 0 Å². The van der Waals surface area contributed by atoms with Gasteiger partial charge in [-0.2, -0.15) is 0 Å². The van der Waals surface area contributed by atoms with Crippen molar-refractivity contribution in [2.24, 2.45) is 5.92 Å². The second-order valence-corrected chi connectivity index (χ2v) is 6.86. The Morgan fingerprint density at radius 1 is 1.25 bits per heavy atom. The maximum Gasteiger partial charge on any atom is 0.308 e. The van der Waals surface area contributed by atoms with E-state index in [-0.39, 0.29) is 19.1 Å². The van der Waals surface area contributed by atoms with Crippen molar-refractivity contribution in [1.29, 1.82) is 0 Å². The molecule has 0 aliphatic heterocycles. The summed E-state index contributed by atoms with van der Waals surface area (Å²) in [5.74, 6) is -1.43. The highest BCUT2D eigenvalue weighted by Gasteiger charge is 2.21. The van der Waals surface area contributed by atoms with E-state index in [1.807, 2.05) is 35.9 Å². The molecule has 0 saturated carbocycles. The number of nitrogens with zero attached hydrogens (tertiary/aromatic N) is 3. The fourth-order valence-electron chi connectivity index (χ4n) is 2.97. The molecule has 0 bridgehead atoms. The zero-order chi connectivity index (χ0) is 20.3. The summed E-state index contributed by atoms with van der Waals surface area (Å²) in [5.41, 5.74) is 3.08. The number of amides is 1. The van der Waals surface area contributed by atoms with Crippen LogP contribution in [0.15, 0.2) is 48.8 Å². The third-order valence-corrected chi connectivity index (χ3v) is 4.54. The Bertz CT molecular complexity index is 1010. The third-order valence-electron chi connectivity index (χ3n) is 4.54. The molecule has 146 valence electrons. The normalized spacial score (nSPS) is 12.0. The minimum Gasteiger partial charge on any atom is -0.486 e. The van der Waals surface area contributed by atoms with Gasteiger partial charge in [0.1, 0.15) is 18.0 Å². The fourth-order valence-corrected chi connectivity index (χ4v) is 2.97. The lowest BCUT2D eigenvalue weighted by molar-refractivity contribution is -0.141.